The molecule has 0 aromatic heterocycles. The van der Waals surface area contributed by atoms with Crippen LogP contribution in [0, 0.1) is 0 Å². The van der Waals surface area contributed by atoms with E-state index in [4.69, 9.17) is 4.74 Å². The normalized spacial score (nSPS) is 17.2. The minimum Gasteiger partial charge on any atom is -0.487 e. The molecule has 6 heteroatoms. The Morgan fingerprint density at radius 2 is 2.19 bits per heavy atom. The smallest absolute Gasteiger partial charge is 0.212 e. The molecular formula is C10H8BrNO3S. The molecule has 0 unspecified atom stereocenters. The van der Waals surface area contributed by atoms with Crippen molar-refractivity contribution in [2.45, 2.75) is 0 Å². The summed E-state index contributed by atoms with van der Waals surface area (Å²) in [6.45, 7) is 0.145. The van der Waals surface area contributed by atoms with Crippen molar-refractivity contribution in [1.82, 2.24) is 0 Å². The van der Waals surface area contributed by atoms with Crippen LogP contribution in [-0.2, 0) is 9.84 Å². The van der Waals surface area contributed by atoms with E-state index in [1.165, 1.54) is 0 Å². The van der Waals surface area contributed by atoms with E-state index in [9.17, 15) is 8.42 Å². The van der Waals surface area contributed by atoms with Crippen LogP contribution in [0.1, 0.15) is 0 Å². The molecule has 0 N–H and O–H groups in total. The highest BCUT2D eigenvalue weighted by Gasteiger charge is 2.13. The third-order valence-electron chi connectivity index (χ3n) is 1.85. The molecule has 0 amide bonds. The fourth-order valence-electron chi connectivity index (χ4n) is 1.18. The van der Waals surface area contributed by atoms with Crippen LogP contribution in [0.25, 0.3) is 0 Å². The van der Waals surface area contributed by atoms with Crippen molar-refractivity contribution in [1.29, 1.82) is 0 Å². The maximum absolute atomic E-state index is 11.0. The number of halogens is 1. The lowest BCUT2D eigenvalue weighted by atomic mass is 10.3. The van der Waals surface area contributed by atoms with Gasteiger partial charge in [0.25, 0.3) is 0 Å². The number of ether oxygens (including phenoxy) is 1. The van der Waals surface area contributed by atoms with Gasteiger partial charge in [0.1, 0.15) is 17.9 Å². The molecule has 0 spiro atoms. The Morgan fingerprint density at radius 3 is 2.81 bits per heavy atom. The molecule has 0 fully saturated rings. The lowest BCUT2D eigenvalue weighted by Crippen LogP contribution is -1.98. The second kappa shape index (κ2) is 4.39. The summed E-state index contributed by atoms with van der Waals surface area (Å²) < 4.78 is 28.3. The van der Waals surface area contributed by atoms with Crippen molar-refractivity contribution in [3.8, 4) is 5.75 Å². The maximum atomic E-state index is 11.0. The first-order valence-corrected chi connectivity index (χ1v) is 6.83. The molecule has 1 aliphatic rings. The van der Waals surface area contributed by atoms with Gasteiger partial charge in [-0.1, -0.05) is 22.0 Å². The first kappa shape index (κ1) is 11.3. The number of aliphatic imine (C=N–C) groups is 1. The SMILES string of the molecule is O=S1(=O)C=NC(COc2cccc(Br)c2)=C1. The van der Waals surface area contributed by atoms with Gasteiger partial charge in [-0.2, -0.15) is 0 Å². The highest BCUT2D eigenvalue weighted by Crippen LogP contribution is 2.19. The van der Waals surface area contributed by atoms with Gasteiger partial charge in [-0.05, 0) is 18.2 Å². The number of sulfone groups is 1. The van der Waals surface area contributed by atoms with E-state index in [2.05, 4.69) is 20.9 Å². The van der Waals surface area contributed by atoms with Crippen LogP contribution < -0.4 is 4.74 Å². The molecule has 0 saturated heterocycles. The number of nitrogens with zero attached hydrogens (tertiary/aromatic N) is 1. The monoisotopic (exact) mass is 301 g/mol. The van der Waals surface area contributed by atoms with E-state index in [1.807, 2.05) is 12.1 Å². The molecule has 4 nitrogen and oxygen atoms in total. The zero-order valence-electron chi connectivity index (χ0n) is 8.13. The molecular weight excluding hydrogens is 294 g/mol. The van der Waals surface area contributed by atoms with Crippen LogP contribution in [0.5, 0.6) is 5.75 Å². The number of rotatable bonds is 3. The van der Waals surface area contributed by atoms with E-state index in [0.29, 0.717) is 11.4 Å². The van der Waals surface area contributed by atoms with Crippen LogP contribution in [0.2, 0.25) is 0 Å². The molecule has 1 aromatic carbocycles. The molecule has 16 heavy (non-hydrogen) atoms. The predicted molar refractivity (Wildman–Crippen MR) is 65.1 cm³/mol. The van der Waals surface area contributed by atoms with Crippen molar-refractivity contribution in [2.24, 2.45) is 4.99 Å². The quantitative estimate of drug-likeness (QED) is 0.859. The summed E-state index contributed by atoms with van der Waals surface area (Å²) in [5, 5.41) is 1.10. The zero-order valence-corrected chi connectivity index (χ0v) is 10.5. The van der Waals surface area contributed by atoms with Gasteiger partial charge in [-0.3, -0.25) is 0 Å². The third-order valence-corrected chi connectivity index (χ3v) is 3.34. The molecule has 0 bridgehead atoms. The van der Waals surface area contributed by atoms with Crippen molar-refractivity contribution in [3.05, 3.63) is 39.8 Å². The summed E-state index contributed by atoms with van der Waals surface area (Å²) in [6, 6.07) is 7.30. The summed E-state index contributed by atoms with van der Waals surface area (Å²) in [7, 11) is -3.25. The Hall–Kier alpha value is -1.14. The number of benzene rings is 1. The Kier molecular flexibility index (Phi) is 3.11. The summed E-state index contributed by atoms with van der Waals surface area (Å²) in [4.78, 5) is 3.74. The van der Waals surface area contributed by atoms with Crippen molar-refractivity contribution >= 4 is 31.3 Å². The second-order valence-electron chi connectivity index (χ2n) is 3.18. The van der Waals surface area contributed by atoms with E-state index >= 15 is 0 Å². The molecule has 84 valence electrons. The predicted octanol–water partition coefficient (Wildman–Crippen LogP) is 2.13. The topological polar surface area (TPSA) is 55.7 Å². The standard InChI is InChI=1S/C10H8BrNO3S/c11-8-2-1-3-10(4-8)15-5-9-6-16(13,14)7-12-9/h1-4,6-7H,5H2. The largest absolute Gasteiger partial charge is 0.487 e. The van der Waals surface area contributed by atoms with E-state index in [-0.39, 0.29) is 6.61 Å². The first-order chi connectivity index (χ1) is 7.55. The fraction of sp³-hybridized carbons (Fsp3) is 0.100. The summed E-state index contributed by atoms with van der Waals surface area (Å²) >= 11 is 3.31. The Balaban J connectivity index is 2.02. The van der Waals surface area contributed by atoms with Gasteiger partial charge in [0.2, 0.25) is 9.84 Å². The lowest BCUT2D eigenvalue weighted by Gasteiger charge is -2.04. The maximum Gasteiger partial charge on any atom is 0.212 e. The summed E-state index contributed by atoms with van der Waals surface area (Å²) in [5.74, 6) is 0.662. The molecule has 0 atom stereocenters. The highest BCUT2D eigenvalue weighted by molar-refractivity contribution is 9.10. The summed E-state index contributed by atoms with van der Waals surface area (Å²) in [6.07, 6.45) is 0. The van der Waals surface area contributed by atoms with Gasteiger partial charge in [0.05, 0.1) is 11.1 Å². The zero-order chi connectivity index (χ0) is 11.6. The molecule has 0 radical (unpaired) electrons. The lowest BCUT2D eigenvalue weighted by molar-refractivity contribution is 0.351. The van der Waals surface area contributed by atoms with Gasteiger partial charge < -0.3 is 4.74 Å². The molecule has 2 rings (SSSR count). The van der Waals surface area contributed by atoms with Crippen LogP contribution in [0.15, 0.2) is 44.8 Å². The fourth-order valence-corrected chi connectivity index (χ4v) is 2.41. The number of hydrogen-bond acceptors (Lipinski definition) is 4. The van der Waals surface area contributed by atoms with Crippen molar-refractivity contribution in [3.63, 3.8) is 0 Å². The molecule has 0 saturated carbocycles. The second-order valence-corrected chi connectivity index (χ2v) is 5.72. The molecule has 1 aromatic rings. The Morgan fingerprint density at radius 1 is 1.38 bits per heavy atom. The third kappa shape index (κ3) is 2.93. The average Bonchev–Trinajstić information content (AvgIpc) is 2.56. The highest BCUT2D eigenvalue weighted by atomic mass is 79.9. The van der Waals surface area contributed by atoms with Gasteiger partial charge in [-0.25, -0.2) is 13.4 Å². The van der Waals surface area contributed by atoms with Crippen LogP contribution in [0.4, 0.5) is 0 Å². The molecule has 0 aliphatic carbocycles. The Labute approximate surface area is 102 Å². The van der Waals surface area contributed by atoms with Crippen LogP contribution in [-0.4, -0.2) is 20.6 Å². The van der Waals surface area contributed by atoms with Crippen LogP contribution in [0.3, 0.4) is 0 Å². The van der Waals surface area contributed by atoms with Crippen LogP contribution >= 0.6 is 15.9 Å². The average molecular weight is 302 g/mol. The molecule has 1 aliphatic heterocycles. The van der Waals surface area contributed by atoms with Gasteiger partial charge in [-0.15, -0.1) is 0 Å². The van der Waals surface area contributed by atoms with E-state index < -0.39 is 9.84 Å². The minimum atomic E-state index is -3.25. The van der Waals surface area contributed by atoms with E-state index in [0.717, 1.165) is 15.4 Å². The van der Waals surface area contributed by atoms with Crippen molar-refractivity contribution < 1.29 is 13.2 Å². The first-order valence-electron chi connectivity index (χ1n) is 4.43. The van der Waals surface area contributed by atoms with Gasteiger partial charge in [0.15, 0.2) is 0 Å². The van der Waals surface area contributed by atoms with Gasteiger partial charge in [0, 0.05) is 4.47 Å². The van der Waals surface area contributed by atoms with E-state index in [1.54, 1.807) is 12.1 Å². The van der Waals surface area contributed by atoms with Gasteiger partial charge >= 0.3 is 0 Å². The summed E-state index contributed by atoms with van der Waals surface area (Å²) in [5.41, 5.74) is 1.33. The van der Waals surface area contributed by atoms with Crippen molar-refractivity contribution in [2.75, 3.05) is 6.61 Å². The number of hydrogen-bond donors (Lipinski definition) is 0. The Bertz CT molecular complexity index is 563. The minimum absolute atomic E-state index is 0.145. The molecule has 1 heterocycles.